The second kappa shape index (κ2) is 6.29. The minimum atomic E-state index is -0.146. The molecule has 3 aromatic rings. The number of amides is 1. The highest BCUT2D eigenvalue weighted by molar-refractivity contribution is 8.00. The quantitative estimate of drug-likeness (QED) is 0.707. The highest BCUT2D eigenvalue weighted by Gasteiger charge is 2.15. The zero-order chi connectivity index (χ0) is 16.6. The van der Waals surface area contributed by atoms with Gasteiger partial charge in [-0.2, -0.15) is 0 Å². The van der Waals surface area contributed by atoms with Crippen LogP contribution < -0.4 is 5.32 Å². The monoisotopic (exact) mass is 343 g/mol. The van der Waals surface area contributed by atoms with E-state index in [1.54, 1.807) is 11.8 Å². The molecule has 0 aliphatic carbocycles. The van der Waals surface area contributed by atoms with E-state index in [1.165, 1.54) is 11.3 Å². The second-order valence-corrected chi connectivity index (χ2v) is 7.46. The maximum Gasteiger partial charge on any atom is 0.258 e. The second-order valence-electron chi connectivity index (χ2n) is 5.38. The first kappa shape index (κ1) is 16.0. The Kier molecular flexibility index (Phi) is 4.37. The predicted molar refractivity (Wildman–Crippen MR) is 97.8 cm³/mol. The van der Waals surface area contributed by atoms with Crippen molar-refractivity contribution in [1.29, 1.82) is 0 Å². The van der Waals surface area contributed by atoms with E-state index in [1.807, 2.05) is 51.3 Å². The van der Waals surface area contributed by atoms with Crippen LogP contribution in [0.25, 0.3) is 10.9 Å². The summed E-state index contributed by atoms with van der Waals surface area (Å²) in [6.07, 6.45) is 2.01. The van der Waals surface area contributed by atoms with E-state index in [-0.39, 0.29) is 5.91 Å². The maximum atomic E-state index is 12.7. The normalized spacial score (nSPS) is 11.0. The van der Waals surface area contributed by atoms with Gasteiger partial charge in [-0.05, 0) is 45.2 Å². The summed E-state index contributed by atoms with van der Waals surface area (Å²) in [6, 6.07) is 7.78. The number of hydrogen-bond acceptors (Lipinski definition) is 5. The third kappa shape index (κ3) is 3.23. The molecule has 0 atom stereocenters. The molecule has 0 unspecified atom stereocenters. The number of rotatable bonds is 3. The number of thiazole rings is 1. The molecule has 0 saturated carbocycles. The number of aryl methyl sites for hydroxylation is 3. The van der Waals surface area contributed by atoms with Crippen molar-refractivity contribution in [2.24, 2.45) is 0 Å². The van der Waals surface area contributed by atoms with Gasteiger partial charge in [0.25, 0.3) is 5.91 Å². The molecule has 118 valence electrons. The molecule has 0 spiro atoms. The third-order valence-corrected chi connectivity index (χ3v) is 5.78. The van der Waals surface area contributed by atoms with Gasteiger partial charge in [-0.15, -0.1) is 11.8 Å². The number of hydrogen-bond donors (Lipinski definition) is 1. The molecule has 2 heterocycles. The summed E-state index contributed by atoms with van der Waals surface area (Å²) in [6.45, 7) is 5.86. The van der Waals surface area contributed by atoms with Crippen LogP contribution in [0.3, 0.4) is 0 Å². The first-order chi connectivity index (χ1) is 11.0. The van der Waals surface area contributed by atoms with Crippen molar-refractivity contribution in [3.8, 4) is 0 Å². The fraction of sp³-hybridized carbons (Fsp3) is 0.235. The summed E-state index contributed by atoms with van der Waals surface area (Å²) in [5, 5.41) is 4.42. The average molecular weight is 343 g/mol. The molecule has 6 heteroatoms. The minimum Gasteiger partial charge on any atom is -0.298 e. The van der Waals surface area contributed by atoms with Crippen LogP contribution >= 0.6 is 23.1 Å². The van der Waals surface area contributed by atoms with Gasteiger partial charge in [0.05, 0.1) is 21.0 Å². The van der Waals surface area contributed by atoms with Gasteiger partial charge in [0.2, 0.25) is 0 Å². The van der Waals surface area contributed by atoms with Crippen LogP contribution in [0.15, 0.2) is 28.5 Å². The van der Waals surface area contributed by atoms with Gasteiger partial charge in [-0.1, -0.05) is 23.0 Å². The summed E-state index contributed by atoms with van der Waals surface area (Å²) < 4.78 is 1.12. The van der Waals surface area contributed by atoms with E-state index in [0.717, 1.165) is 32.1 Å². The number of fused-ring (bicyclic) bond motifs is 1. The largest absolute Gasteiger partial charge is 0.298 e. The van der Waals surface area contributed by atoms with E-state index < -0.39 is 0 Å². The van der Waals surface area contributed by atoms with Gasteiger partial charge in [0, 0.05) is 11.1 Å². The fourth-order valence-corrected chi connectivity index (χ4v) is 4.06. The van der Waals surface area contributed by atoms with Gasteiger partial charge in [0.15, 0.2) is 5.13 Å². The summed E-state index contributed by atoms with van der Waals surface area (Å²) in [7, 11) is 0. The van der Waals surface area contributed by atoms with Crippen molar-refractivity contribution in [3.63, 3.8) is 0 Å². The smallest absolute Gasteiger partial charge is 0.258 e. The lowest BCUT2D eigenvalue weighted by Crippen LogP contribution is -2.13. The summed E-state index contributed by atoms with van der Waals surface area (Å²) in [4.78, 5) is 21.6. The van der Waals surface area contributed by atoms with Crippen molar-refractivity contribution in [1.82, 2.24) is 9.97 Å². The van der Waals surface area contributed by atoms with Crippen molar-refractivity contribution >= 4 is 45.0 Å². The minimum absolute atomic E-state index is 0.146. The summed E-state index contributed by atoms with van der Waals surface area (Å²) in [5.74, 6) is -0.146. The van der Waals surface area contributed by atoms with E-state index in [2.05, 4.69) is 15.3 Å². The topological polar surface area (TPSA) is 54.9 Å². The molecule has 0 bridgehead atoms. The van der Waals surface area contributed by atoms with E-state index in [4.69, 9.17) is 0 Å². The fourth-order valence-electron chi connectivity index (χ4n) is 2.45. The van der Waals surface area contributed by atoms with Gasteiger partial charge in [0.1, 0.15) is 0 Å². The number of pyridine rings is 1. The molecule has 0 saturated heterocycles. The molecule has 2 aromatic heterocycles. The molecule has 4 nitrogen and oxygen atoms in total. The molecule has 23 heavy (non-hydrogen) atoms. The standard InChI is InChI=1S/C17H17N3OS2/c1-9-5-6-14-12(7-9)13(8-10(2)18-14)15(21)20-17-19-11(3)16(22-4)23-17/h5-8H,1-4H3,(H,19,20,21). The molecule has 3 rings (SSSR count). The number of carbonyl (C=O) groups excluding carboxylic acids is 1. The van der Waals surface area contributed by atoms with E-state index in [0.29, 0.717) is 10.7 Å². The summed E-state index contributed by atoms with van der Waals surface area (Å²) in [5.41, 5.74) is 4.35. The van der Waals surface area contributed by atoms with Crippen molar-refractivity contribution in [3.05, 3.63) is 46.8 Å². The van der Waals surface area contributed by atoms with Gasteiger partial charge < -0.3 is 0 Å². The van der Waals surface area contributed by atoms with Crippen LogP contribution in [0.4, 0.5) is 5.13 Å². The molecule has 0 aliphatic heterocycles. The van der Waals surface area contributed by atoms with Crippen LogP contribution in [0.5, 0.6) is 0 Å². The molecule has 0 aliphatic rings. The number of carbonyl (C=O) groups is 1. The zero-order valence-electron chi connectivity index (χ0n) is 13.4. The zero-order valence-corrected chi connectivity index (χ0v) is 15.1. The van der Waals surface area contributed by atoms with Crippen LogP contribution in [-0.2, 0) is 0 Å². The molecular weight excluding hydrogens is 326 g/mol. The van der Waals surface area contributed by atoms with Crippen LogP contribution in [0, 0.1) is 20.8 Å². The lowest BCUT2D eigenvalue weighted by atomic mass is 10.0. The Morgan fingerprint density at radius 2 is 1.96 bits per heavy atom. The highest BCUT2D eigenvalue weighted by Crippen LogP contribution is 2.31. The summed E-state index contributed by atoms with van der Waals surface area (Å²) >= 11 is 3.14. The Hall–Kier alpha value is -1.92. The molecule has 1 aromatic carbocycles. The number of thioether (sulfide) groups is 1. The van der Waals surface area contributed by atoms with E-state index >= 15 is 0 Å². The molecule has 0 fully saturated rings. The molecule has 1 amide bonds. The Balaban J connectivity index is 2.01. The van der Waals surface area contributed by atoms with Crippen molar-refractivity contribution < 1.29 is 4.79 Å². The Labute approximate surface area is 143 Å². The Morgan fingerprint density at radius 1 is 1.17 bits per heavy atom. The Morgan fingerprint density at radius 3 is 2.65 bits per heavy atom. The predicted octanol–water partition coefficient (Wildman–Crippen LogP) is 4.59. The number of anilines is 1. The lowest BCUT2D eigenvalue weighted by molar-refractivity contribution is 0.102. The molecule has 0 radical (unpaired) electrons. The first-order valence-corrected chi connectivity index (χ1v) is 9.23. The number of benzene rings is 1. The van der Waals surface area contributed by atoms with Crippen molar-refractivity contribution in [2.75, 3.05) is 11.6 Å². The average Bonchev–Trinajstić information content (AvgIpc) is 2.86. The molecular formula is C17H17N3OS2. The van der Waals surface area contributed by atoms with Crippen molar-refractivity contribution in [2.45, 2.75) is 25.0 Å². The van der Waals surface area contributed by atoms with Gasteiger partial charge >= 0.3 is 0 Å². The third-order valence-electron chi connectivity index (χ3n) is 3.50. The van der Waals surface area contributed by atoms with Crippen LogP contribution in [-0.4, -0.2) is 22.1 Å². The molecule has 1 N–H and O–H groups in total. The SMILES string of the molecule is CSc1sc(NC(=O)c2cc(C)nc3ccc(C)cc23)nc1C. The maximum absolute atomic E-state index is 12.7. The van der Waals surface area contributed by atoms with Crippen LogP contribution in [0.1, 0.15) is 27.3 Å². The number of nitrogens with one attached hydrogen (secondary N) is 1. The Bertz CT molecular complexity index is 902. The number of aromatic nitrogens is 2. The first-order valence-electron chi connectivity index (χ1n) is 7.18. The number of nitrogens with zero attached hydrogens (tertiary/aromatic N) is 2. The van der Waals surface area contributed by atoms with E-state index in [9.17, 15) is 4.79 Å². The van der Waals surface area contributed by atoms with Gasteiger partial charge in [-0.3, -0.25) is 15.1 Å². The van der Waals surface area contributed by atoms with Crippen LogP contribution in [0.2, 0.25) is 0 Å². The highest BCUT2D eigenvalue weighted by atomic mass is 32.2. The lowest BCUT2D eigenvalue weighted by Gasteiger charge is -2.08. The van der Waals surface area contributed by atoms with Gasteiger partial charge in [-0.25, -0.2) is 4.98 Å².